The zero-order valence-electron chi connectivity index (χ0n) is 18.1. The van der Waals surface area contributed by atoms with E-state index in [2.05, 4.69) is 5.32 Å². The average Bonchev–Trinajstić information content (AvgIpc) is 2.77. The Labute approximate surface area is 189 Å². The van der Waals surface area contributed by atoms with Gasteiger partial charge in [0.05, 0.1) is 19.1 Å². The van der Waals surface area contributed by atoms with E-state index in [0.29, 0.717) is 33.6 Å². The number of thioether (sulfide) groups is 1. The molecule has 3 rings (SSSR count). The number of aryl methyl sites for hydroxylation is 2. The molecule has 0 aliphatic carbocycles. The summed E-state index contributed by atoms with van der Waals surface area (Å²) >= 11 is 1.42. The Bertz CT molecular complexity index is 1190. The van der Waals surface area contributed by atoms with Gasteiger partial charge in [-0.1, -0.05) is 30.3 Å². The van der Waals surface area contributed by atoms with Crippen LogP contribution >= 0.6 is 11.8 Å². The number of hydrogen-bond donors (Lipinski definition) is 2. The lowest BCUT2D eigenvalue weighted by Gasteiger charge is -2.15. The van der Waals surface area contributed by atoms with Crippen LogP contribution in [0.1, 0.15) is 22.3 Å². The highest BCUT2D eigenvalue weighted by Gasteiger charge is 2.22. The van der Waals surface area contributed by atoms with Crippen LogP contribution in [0.3, 0.4) is 0 Å². The number of fused-ring (bicyclic) bond motifs is 1. The Morgan fingerprint density at radius 2 is 1.84 bits per heavy atom. The molecular formula is C24H25NO6S. The highest BCUT2D eigenvalue weighted by molar-refractivity contribution is 7.98. The molecule has 1 aromatic heterocycles. The third-order valence-electron chi connectivity index (χ3n) is 5.24. The molecule has 32 heavy (non-hydrogen) atoms. The molecule has 3 aromatic rings. The molecule has 0 aliphatic rings. The molecule has 2 aromatic carbocycles. The molecule has 8 heteroatoms. The predicted molar refractivity (Wildman–Crippen MR) is 124 cm³/mol. The second kappa shape index (κ2) is 10.4. The molecule has 1 amide bonds. The summed E-state index contributed by atoms with van der Waals surface area (Å²) in [6, 6.07) is 12.2. The first kappa shape index (κ1) is 23.4. The fourth-order valence-corrected chi connectivity index (χ4v) is 4.45. The van der Waals surface area contributed by atoms with Crippen molar-refractivity contribution in [1.29, 1.82) is 0 Å². The van der Waals surface area contributed by atoms with Crippen molar-refractivity contribution in [3.8, 4) is 5.75 Å². The summed E-state index contributed by atoms with van der Waals surface area (Å²) in [4.78, 5) is 36.8. The van der Waals surface area contributed by atoms with Crippen LogP contribution in [0.2, 0.25) is 0 Å². The second-order valence-corrected chi connectivity index (χ2v) is 8.43. The monoisotopic (exact) mass is 455 g/mol. The van der Waals surface area contributed by atoms with E-state index in [4.69, 9.17) is 9.15 Å². The average molecular weight is 456 g/mol. The van der Waals surface area contributed by atoms with E-state index < -0.39 is 23.5 Å². The third-order valence-corrected chi connectivity index (χ3v) is 6.35. The van der Waals surface area contributed by atoms with Crippen LogP contribution in [0.5, 0.6) is 5.75 Å². The standard InChI is InChI=1S/C24H25NO6S/c1-14-17-9-10-20(30-3)15(2)22(17)31-24(29)18(14)11-21(26)25-19(23(27)28)13-32-12-16-7-5-4-6-8-16/h4-10,19H,11-13H2,1-3H3,(H,25,26)(H,27,28). The van der Waals surface area contributed by atoms with Crippen LogP contribution in [0.4, 0.5) is 0 Å². The van der Waals surface area contributed by atoms with Crippen molar-refractivity contribution in [2.75, 3.05) is 12.9 Å². The zero-order valence-corrected chi connectivity index (χ0v) is 19.0. The first-order valence-electron chi connectivity index (χ1n) is 10.1. The molecule has 1 heterocycles. The number of carbonyl (C=O) groups is 2. The van der Waals surface area contributed by atoms with Gasteiger partial charge in [0, 0.05) is 22.5 Å². The highest BCUT2D eigenvalue weighted by Crippen LogP contribution is 2.29. The number of carboxylic acid groups (broad SMARTS) is 1. The lowest BCUT2D eigenvalue weighted by Crippen LogP contribution is -2.43. The Morgan fingerprint density at radius 1 is 1.12 bits per heavy atom. The number of nitrogens with one attached hydrogen (secondary N) is 1. The number of carbonyl (C=O) groups excluding carboxylic acids is 1. The minimum absolute atomic E-state index is 0.209. The van der Waals surface area contributed by atoms with Crippen LogP contribution in [0.25, 0.3) is 11.0 Å². The Hall–Kier alpha value is -3.26. The van der Waals surface area contributed by atoms with E-state index >= 15 is 0 Å². The minimum Gasteiger partial charge on any atom is -0.496 e. The molecule has 2 N–H and O–H groups in total. The van der Waals surface area contributed by atoms with Gasteiger partial charge >= 0.3 is 11.6 Å². The number of hydrogen-bond acceptors (Lipinski definition) is 6. The van der Waals surface area contributed by atoms with Crippen molar-refractivity contribution in [2.24, 2.45) is 0 Å². The molecule has 0 fully saturated rings. The normalized spacial score (nSPS) is 11.8. The Morgan fingerprint density at radius 3 is 2.50 bits per heavy atom. The quantitative estimate of drug-likeness (QED) is 0.476. The van der Waals surface area contributed by atoms with Gasteiger partial charge in [0.2, 0.25) is 5.91 Å². The smallest absolute Gasteiger partial charge is 0.340 e. The highest BCUT2D eigenvalue weighted by atomic mass is 32.2. The number of benzene rings is 2. The first-order chi connectivity index (χ1) is 15.3. The number of amides is 1. The Kier molecular flexibility index (Phi) is 7.58. The first-order valence-corrected chi connectivity index (χ1v) is 11.2. The molecule has 0 radical (unpaired) electrons. The second-order valence-electron chi connectivity index (χ2n) is 7.40. The van der Waals surface area contributed by atoms with Crippen LogP contribution in [0, 0.1) is 13.8 Å². The lowest BCUT2D eigenvalue weighted by molar-refractivity contribution is -0.141. The van der Waals surface area contributed by atoms with Gasteiger partial charge in [0.1, 0.15) is 17.4 Å². The van der Waals surface area contributed by atoms with Gasteiger partial charge in [-0.3, -0.25) is 4.79 Å². The third kappa shape index (κ3) is 5.31. The van der Waals surface area contributed by atoms with Crippen molar-refractivity contribution >= 4 is 34.6 Å². The summed E-state index contributed by atoms with van der Waals surface area (Å²) in [5.74, 6) is -0.221. The van der Waals surface area contributed by atoms with Crippen molar-refractivity contribution in [2.45, 2.75) is 32.1 Å². The largest absolute Gasteiger partial charge is 0.496 e. The van der Waals surface area contributed by atoms with E-state index in [1.807, 2.05) is 30.3 Å². The van der Waals surface area contributed by atoms with Crippen molar-refractivity contribution in [1.82, 2.24) is 5.32 Å². The summed E-state index contributed by atoms with van der Waals surface area (Å²) in [5, 5.41) is 12.7. The number of methoxy groups -OCH3 is 1. The molecule has 1 unspecified atom stereocenters. The fraction of sp³-hybridized carbons (Fsp3) is 0.292. The summed E-state index contributed by atoms with van der Waals surface area (Å²) in [6.45, 7) is 3.54. The van der Waals surface area contributed by atoms with E-state index in [0.717, 1.165) is 5.56 Å². The van der Waals surface area contributed by atoms with E-state index in [1.165, 1.54) is 18.9 Å². The van der Waals surface area contributed by atoms with Gasteiger partial charge in [-0.25, -0.2) is 9.59 Å². The molecule has 7 nitrogen and oxygen atoms in total. The summed E-state index contributed by atoms with van der Waals surface area (Å²) in [5.41, 5.74) is 2.40. The molecule has 0 saturated carbocycles. The van der Waals surface area contributed by atoms with Gasteiger partial charge in [0.15, 0.2) is 0 Å². The van der Waals surface area contributed by atoms with E-state index in [-0.39, 0.29) is 17.7 Å². The maximum atomic E-state index is 12.6. The number of aliphatic carboxylic acids is 1. The van der Waals surface area contributed by atoms with E-state index in [9.17, 15) is 19.5 Å². The molecule has 1 atom stereocenters. The number of carboxylic acids is 1. The minimum atomic E-state index is -1.12. The van der Waals surface area contributed by atoms with Gasteiger partial charge in [-0.05, 0) is 37.1 Å². The van der Waals surface area contributed by atoms with Gasteiger partial charge < -0.3 is 19.6 Å². The summed E-state index contributed by atoms with van der Waals surface area (Å²) in [7, 11) is 1.54. The maximum Gasteiger partial charge on any atom is 0.340 e. The molecule has 168 valence electrons. The van der Waals surface area contributed by atoms with Gasteiger partial charge in [-0.15, -0.1) is 0 Å². The van der Waals surface area contributed by atoms with E-state index in [1.54, 1.807) is 26.0 Å². The summed E-state index contributed by atoms with van der Waals surface area (Å²) < 4.78 is 10.7. The number of rotatable bonds is 9. The molecule has 0 spiro atoms. The van der Waals surface area contributed by atoms with Crippen molar-refractivity contribution in [3.63, 3.8) is 0 Å². The lowest BCUT2D eigenvalue weighted by atomic mass is 10.0. The van der Waals surface area contributed by atoms with Crippen LogP contribution in [-0.2, 0) is 21.8 Å². The molecular weight excluding hydrogens is 430 g/mol. The molecule has 0 bridgehead atoms. The van der Waals surface area contributed by atoms with Gasteiger partial charge in [-0.2, -0.15) is 11.8 Å². The van der Waals surface area contributed by atoms with Gasteiger partial charge in [0.25, 0.3) is 0 Å². The maximum absolute atomic E-state index is 12.6. The van der Waals surface area contributed by atoms with Crippen LogP contribution in [0.15, 0.2) is 51.7 Å². The fourth-order valence-electron chi connectivity index (χ4n) is 3.45. The summed E-state index contributed by atoms with van der Waals surface area (Å²) in [6.07, 6.45) is -0.262. The molecule has 0 saturated heterocycles. The number of ether oxygens (including phenoxy) is 1. The van der Waals surface area contributed by atoms with Crippen molar-refractivity contribution in [3.05, 3.63) is 75.1 Å². The topological polar surface area (TPSA) is 106 Å². The SMILES string of the molecule is COc1ccc2c(C)c(CC(=O)NC(CSCc3ccccc3)C(=O)O)c(=O)oc2c1C. The van der Waals surface area contributed by atoms with Crippen LogP contribution in [-0.4, -0.2) is 35.9 Å². The zero-order chi connectivity index (χ0) is 23.3. The molecule has 0 aliphatic heterocycles. The predicted octanol–water partition coefficient (Wildman–Crippen LogP) is 3.46. The Balaban J connectivity index is 1.72. The van der Waals surface area contributed by atoms with Crippen LogP contribution < -0.4 is 15.7 Å². The van der Waals surface area contributed by atoms with Crippen molar-refractivity contribution < 1.29 is 23.8 Å².